The zero-order valence-electron chi connectivity index (χ0n) is 13.3. The van der Waals surface area contributed by atoms with E-state index >= 15 is 0 Å². The van der Waals surface area contributed by atoms with Crippen molar-refractivity contribution >= 4 is 27.3 Å². The van der Waals surface area contributed by atoms with E-state index < -0.39 is 0 Å². The summed E-state index contributed by atoms with van der Waals surface area (Å²) in [5.41, 5.74) is 0.981. The average molecular weight is 335 g/mol. The number of carbonyl (C=O) groups is 1. The molecule has 2 aliphatic heterocycles. The lowest BCUT2D eigenvalue weighted by Crippen LogP contribution is -2.48. The number of fused-ring (bicyclic) bond motifs is 1. The van der Waals surface area contributed by atoms with Crippen LogP contribution in [0.3, 0.4) is 0 Å². The Labute approximate surface area is 138 Å². The van der Waals surface area contributed by atoms with Gasteiger partial charge in [0.05, 0.1) is 31.0 Å². The molecule has 4 heterocycles. The second kappa shape index (κ2) is 6.09. The first-order chi connectivity index (χ1) is 11.2. The van der Waals surface area contributed by atoms with E-state index in [-0.39, 0.29) is 11.8 Å². The summed E-state index contributed by atoms with van der Waals surface area (Å²) in [7, 11) is 0. The second-order valence-electron chi connectivity index (χ2n) is 6.22. The molecule has 1 amide bonds. The van der Waals surface area contributed by atoms with Crippen LogP contribution in [0.5, 0.6) is 0 Å². The minimum atomic E-state index is 0.0693. The maximum absolute atomic E-state index is 12.7. The maximum atomic E-state index is 12.7. The molecule has 1 unspecified atom stereocenters. The summed E-state index contributed by atoms with van der Waals surface area (Å²) in [5.74, 6) is 0.343. The number of aryl methyl sites for hydroxylation is 1. The first-order valence-electron chi connectivity index (χ1n) is 8.15. The van der Waals surface area contributed by atoms with Crippen molar-refractivity contribution in [2.24, 2.45) is 5.92 Å². The maximum Gasteiger partial charge on any atom is 0.227 e. The Morgan fingerprint density at radius 3 is 2.96 bits per heavy atom. The van der Waals surface area contributed by atoms with Crippen molar-refractivity contribution in [1.29, 1.82) is 0 Å². The van der Waals surface area contributed by atoms with Gasteiger partial charge in [-0.05, 0) is 19.8 Å². The summed E-state index contributed by atoms with van der Waals surface area (Å²) in [4.78, 5) is 22.3. The van der Waals surface area contributed by atoms with Crippen molar-refractivity contribution in [3.05, 3.63) is 11.9 Å². The van der Waals surface area contributed by atoms with E-state index in [4.69, 9.17) is 4.74 Å². The van der Waals surface area contributed by atoms with Crippen molar-refractivity contribution < 1.29 is 9.53 Å². The second-order valence-corrected chi connectivity index (χ2v) is 7.15. The minimum Gasteiger partial charge on any atom is -0.378 e. The zero-order valence-corrected chi connectivity index (χ0v) is 14.1. The number of imidazole rings is 1. The Bertz CT molecular complexity index is 674. The highest BCUT2D eigenvalue weighted by Crippen LogP contribution is 2.28. The first-order valence-corrected chi connectivity index (χ1v) is 8.96. The molecule has 2 fully saturated rings. The first kappa shape index (κ1) is 14.9. The van der Waals surface area contributed by atoms with Crippen molar-refractivity contribution in [3.8, 4) is 0 Å². The summed E-state index contributed by atoms with van der Waals surface area (Å²) in [6, 6.07) is 0. The molecule has 0 N–H and O–H groups in total. The lowest BCUT2D eigenvalue weighted by atomic mass is 9.96. The summed E-state index contributed by atoms with van der Waals surface area (Å²) in [6.45, 7) is 6.45. The number of morpholine rings is 1. The third kappa shape index (κ3) is 2.92. The van der Waals surface area contributed by atoms with Gasteiger partial charge in [-0.25, -0.2) is 9.50 Å². The third-order valence-corrected chi connectivity index (χ3v) is 5.50. The number of carbonyl (C=O) groups excluding carboxylic acids is 1. The summed E-state index contributed by atoms with van der Waals surface area (Å²) < 4.78 is 7.18. The summed E-state index contributed by atoms with van der Waals surface area (Å²) in [6.07, 6.45) is 3.94. The predicted molar refractivity (Wildman–Crippen MR) is 87.9 cm³/mol. The number of rotatable bonds is 2. The quantitative estimate of drug-likeness (QED) is 0.824. The number of amides is 1. The van der Waals surface area contributed by atoms with Crippen LogP contribution in [-0.2, 0) is 9.53 Å². The average Bonchev–Trinajstić information content (AvgIpc) is 3.12. The van der Waals surface area contributed by atoms with Crippen LogP contribution in [0.2, 0.25) is 0 Å². The SMILES string of the molecule is Cc1cn2nc(N3CCCC(C(=O)N4CCOCC4)C3)sc2n1. The number of nitrogens with zero attached hydrogens (tertiary/aromatic N) is 5. The molecule has 2 saturated heterocycles. The van der Waals surface area contributed by atoms with Gasteiger partial charge in [0.15, 0.2) is 0 Å². The molecular formula is C15H21N5O2S. The molecule has 1 atom stereocenters. The van der Waals surface area contributed by atoms with Crippen LogP contribution in [0.1, 0.15) is 18.5 Å². The van der Waals surface area contributed by atoms with Crippen molar-refractivity contribution in [3.63, 3.8) is 0 Å². The fourth-order valence-corrected chi connectivity index (χ4v) is 4.28. The number of hydrogen-bond acceptors (Lipinski definition) is 6. The molecule has 23 heavy (non-hydrogen) atoms. The van der Waals surface area contributed by atoms with E-state index in [1.165, 1.54) is 0 Å². The van der Waals surface area contributed by atoms with E-state index in [1.54, 1.807) is 11.3 Å². The molecule has 2 aliphatic rings. The highest BCUT2D eigenvalue weighted by atomic mass is 32.1. The Morgan fingerprint density at radius 2 is 2.17 bits per heavy atom. The molecule has 7 nitrogen and oxygen atoms in total. The highest BCUT2D eigenvalue weighted by Gasteiger charge is 2.31. The van der Waals surface area contributed by atoms with Crippen molar-refractivity contribution in [2.75, 3.05) is 44.3 Å². The topological polar surface area (TPSA) is 63.0 Å². The molecule has 2 aromatic heterocycles. The number of hydrogen-bond donors (Lipinski definition) is 0. The van der Waals surface area contributed by atoms with Gasteiger partial charge in [0, 0.05) is 26.2 Å². The monoisotopic (exact) mass is 335 g/mol. The molecule has 4 rings (SSSR count). The van der Waals surface area contributed by atoms with Crippen LogP contribution in [-0.4, -0.2) is 64.8 Å². The Kier molecular flexibility index (Phi) is 3.94. The van der Waals surface area contributed by atoms with Crippen molar-refractivity contribution in [1.82, 2.24) is 19.5 Å². The molecule has 0 spiro atoms. The molecule has 124 valence electrons. The van der Waals surface area contributed by atoms with Crippen LogP contribution < -0.4 is 4.90 Å². The standard InChI is InChI=1S/C15H21N5O2S/c1-11-9-20-14(16-11)23-15(17-20)19-4-2-3-12(10-19)13(21)18-5-7-22-8-6-18/h9,12H,2-8,10H2,1H3. The van der Waals surface area contributed by atoms with Gasteiger partial charge in [-0.1, -0.05) is 11.3 Å². The van der Waals surface area contributed by atoms with Crippen molar-refractivity contribution in [2.45, 2.75) is 19.8 Å². The minimum absolute atomic E-state index is 0.0693. The molecule has 0 radical (unpaired) electrons. The van der Waals surface area contributed by atoms with Crippen LogP contribution in [0.25, 0.3) is 4.96 Å². The van der Waals surface area contributed by atoms with E-state index in [0.29, 0.717) is 13.2 Å². The van der Waals surface area contributed by atoms with E-state index in [9.17, 15) is 4.79 Å². The largest absolute Gasteiger partial charge is 0.378 e. The number of aromatic nitrogens is 3. The number of anilines is 1. The van der Waals surface area contributed by atoms with Gasteiger partial charge in [-0.2, -0.15) is 0 Å². The molecule has 2 aromatic rings. The fraction of sp³-hybridized carbons (Fsp3) is 0.667. The van der Waals surface area contributed by atoms with Gasteiger partial charge in [-0.3, -0.25) is 4.79 Å². The Balaban J connectivity index is 1.47. The van der Waals surface area contributed by atoms with Gasteiger partial charge in [-0.15, -0.1) is 5.10 Å². The Morgan fingerprint density at radius 1 is 1.35 bits per heavy atom. The molecule has 0 saturated carbocycles. The molecule has 0 aromatic carbocycles. The van der Waals surface area contributed by atoms with E-state index in [0.717, 1.165) is 54.8 Å². The molecule has 8 heteroatoms. The molecular weight excluding hydrogens is 314 g/mol. The lowest BCUT2D eigenvalue weighted by Gasteiger charge is -2.35. The van der Waals surface area contributed by atoms with E-state index in [2.05, 4.69) is 15.0 Å². The van der Waals surface area contributed by atoms with Crippen LogP contribution in [0.4, 0.5) is 5.13 Å². The van der Waals surface area contributed by atoms with Gasteiger partial charge < -0.3 is 14.5 Å². The normalized spacial score (nSPS) is 22.7. The highest BCUT2D eigenvalue weighted by molar-refractivity contribution is 7.20. The van der Waals surface area contributed by atoms with Gasteiger partial charge in [0.1, 0.15) is 0 Å². The lowest BCUT2D eigenvalue weighted by molar-refractivity contribution is -0.139. The van der Waals surface area contributed by atoms with Crippen LogP contribution >= 0.6 is 11.3 Å². The summed E-state index contributed by atoms with van der Waals surface area (Å²) >= 11 is 1.60. The zero-order chi connectivity index (χ0) is 15.8. The molecule has 0 bridgehead atoms. The van der Waals surface area contributed by atoms with Gasteiger partial charge in [0.2, 0.25) is 16.0 Å². The number of piperidine rings is 1. The van der Waals surface area contributed by atoms with E-state index in [1.807, 2.05) is 22.5 Å². The van der Waals surface area contributed by atoms with Gasteiger partial charge in [0.25, 0.3) is 0 Å². The Hall–Kier alpha value is -1.67. The summed E-state index contributed by atoms with van der Waals surface area (Å²) in [5, 5.41) is 5.58. The molecule has 0 aliphatic carbocycles. The van der Waals surface area contributed by atoms with Crippen LogP contribution in [0, 0.1) is 12.8 Å². The third-order valence-electron chi connectivity index (χ3n) is 4.52. The van der Waals surface area contributed by atoms with Gasteiger partial charge >= 0.3 is 0 Å². The fourth-order valence-electron chi connectivity index (χ4n) is 3.32. The predicted octanol–water partition coefficient (Wildman–Crippen LogP) is 1.17. The number of ether oxygens (including phenoxy) is 1. The van der Waals surface area contributed by atoms with Crippen LogP contribution in [0.15, 0.2) is 6.20 Å². The smallest absolute Gasteiger partial charge is 0.227 e.